The summed E-state index contributed by atoms with van der Waals surface area (Å²) in [6, 6.07) is 15.7. The zero-order valence-electron chi connectivity index (χ0n) is 19.6. The minimum atomic E-state index is -0.619. The molecule has 3 aromatic heterocycles. The number of hydrogen-bond acceptors (Lipinski definition) is 7. The molecule has 0 aliphatic carbocycles. The Labute approximate surface area is 225 Å². The van der Waals surface area contributed by atoms with Crippen LogP contribution in [0.2, 0.25) is 10.0 Å². The summed E-state index contributed by atoms with van der Waals surface area (Å²) in [7, 11) is 0. The third kappa shape index (κ3) is 4.09. The van der Waals surface area contributed by atoms with E-state index in [4.69, 9.17) is 28.6 Å². The molecule has 3 N–H and O–H groups in total. The van der Waals surface area contributed by atoms with Crippen molar-refractivity contribution in [3.63, 3.8) is 0 Å². The first-order chi connectivity index (χ1) is 18.4. The Hall–Kier alpha value is -4.54. The van der Waals surface area contributed by atoms with Crippen LogP contribution < -0.4 is 21.4 Å². The van der Waals surface area contributed by atoms with Crippen LogP contribution in [0.1, 0.15) is 15.9 Å². The van der Waals surface area contributed by atoms with Gasteiger partial charge in [-0.15, -0.1) is 0 Å². The maximum Gasteiger partial charge on any atom is 0.333 e. The average Bonchev–Trinajstić information content (AvgIpc) is 2.91. The number of fused-ring (bicyclic) bond motifs is 2. The third-order valence-corrected chi connectivity index (χ3v) is 6.83. The van der Waals surface area contributed by atoms with Crippen molar-refractivity contribution >= 4 is 57.6 Å². The van der Waals surface area contributed by atoms with E-state index in [-0.39, 0.29) is 38.7 Å². The van der Waals surface area contributed by atoms with Crippen molar-refractivity contribution in [1.82, 2.24) is 24.5 Å². The van der Waals surface area contributed by atoms with E-state index >= 15 is 0 Å². The van der Waals surface area contributed by atoms with Crippen molar-refractivity contribution in [2.75, 3.05) is 16.8 Å². The van der Waals surface area contributed by atoms with Gasteiger partial charge in [0.15, 0.2) is 5.65 Å². The van der Waals surface area contributed by atoms with Crippen LogP contribution in [-0.2, 0) is 6.42 Å². The molecule has 0 fully saturated rings. The van der Waals surface area contributed by atoms with Crippen LogP contribution in [0.5, 0.6) is 0 Å². The molecule has 0 unspecified atom stereocenters. The smallest absolute Gasteiger partial charge is 0.324 e. The largest absolute Gasteiger partial charge is 0.333 e. The van der Waals surface area contributed by atoms with Gasteiger partial charge in [-0.3, -0.25) is 20.1 Å². The fraction of sp³-hybridized carbons (Fsp3) is 0.0769. The zero-order valence-corrected chi connectivity index (χ0v) is 21.1. The van der Waals surface area contributed by atoms with Gasteiger partial charge in [0.1, 0.15) is 11.3 Å². The van der Waals surface area contributed by atoms with Crippen molar-refractivity contribution in [3.05, 3.63) is 104 Å². The summed E-state index contributed by atoms with van der Waals surface area (Å²) in [6.07, 6.45) is 3.76. The topological polar surface area (TPSA) is 133 Å². The van der Waals surface area contributed by atoms with Gasteiger partial charge in [-0.2, -0.15) is 4.98 Å². The molecule has 38 heavy (non-hydrogen) atoms. The Balaban J connectivity index is 1.31. The number of aromatic amines is 1. The summed E-state index contributed by atoms with van der Waals surface area (Å²) in [6.45, 7) is 0.516. The van der Waals surface area contributed by atoms with Gasteiger partial charge in [0.25, 0.3) is 5.91 Å². The van der Waals surface area contributed by atoms with E-state index < -0.39 is 5.69 Å². The molecule has 188 valence electrons. The fourth-order valence-electron chi connectivity index (χ4n) is 4.43. The number of nitrogens with one attached hydrogen (secondary N) is 3. The van der Waals surface area contributed by atoms with Crippen LogP contribution in [0.4, 0.5) is 17.5 Å². The summed E-state index contributed by atoms with van der Waals surface area (Å²) in [5, 5.41) is 12.5. The standard InChI is InChI=1S/C26H18Cl2N8O2/c27-18-4-3-5-19(28)21(18)36-22(29)17-13-31-25(33-23(17)34-26(36)38)32-15-7-8-16-14(12-15)9-11-35(24(16)37)20-6-1-2-10-30-20/h1-8,10,12-13,29H,9,11H2,(H2,31,32,33,34,38). The average molecular weight is 545 g/mol. The number of H-pyrrole nitrogens is 1. The van der Waals surface area contributed by atoms with Crippen molar-refractivity contribution in [2.45, 2.75) is 6.42 Å². The maximum atomic E-state index is 13.0. The van der Waals surface area contributed by atoms with Gasteiger partial charge < -0.3 is 5.32 Å². The predicted molar refractivity (Wildman–Crippen MR) is 145 cm³/mol. The molecule has 12 heteroatoms. The van der Waals surface area contributed by atoms with E-state index in [2.05, 4.69) is 25.3 Å². The monoisotopic (exact) mass is 544 g/mol. The number of carbonyl (C=O) groups excluding carboxylic acids is 1. The molecule has 2 aromatic carbocycles. The van der Waals surface area contributed by atoms with Crippen molar-refractivity contribution in [1.29, 1.82) is 5.41 Å². The first-order valence-electron chi connectivity index (χ1n) is 11.5. The maximum absolute atomic E-state index is 13.0. The molecule has 0 bridgehead atoms. The minimum Gasteiger partial charge on any atom is -0.324 e. The summed E-state index contributed by atoms with van der Waals surface area (Å²) < 4.78 is 1.08. The van der Waals surface area contributed by atoms with E-state index in [0.29, 0.717) is 35.4 Å². The van der Waals surface area contributed by atoms with E-state index in [9.17, 15) is 9.59 Å². The number of hydrogen-bond donors (Lipinski definition) is 3. The zero-order chi connectivity index (χ0) is 26.4. The van der Waals surface area contributed by atoms with Crippen LogP contribution >= 0.6 is 23.2 Å². The first-order valence-corrected chi connectivity index (χ1v) is 12.3. The number of halogens is 2. The lowest BCUT2D eigenvalue weighted by Crippen LogP contribution is -2.38. The molecule has 0 radical (unpaired) electrons. The summed E-state index contributed by atoms with van der Waals surface area (Å²) in [4.78, 5) is 43.3. The van der Waals surface area contributed by atoms with Gasteiger partial charge in [-0.05, 0) is 54.4 Å². The van der Waals surface area contributed by atoms with Gasteiger partial charge >= 0.3 is 5.69 Å². The Kier molecular flexibility index (Phi) is 5.90. The molecule has 0 saturated heterocycles. The second kappa shape index (κ2) is 9.40. The second-order valence-corrected chi connectivity index (χ2v) is 9.35. The molecule has 10 nitrogen and oxygen atoms in total. The Morgan fingerprint density at radius 3 is 2.58 bits per heavy atom. The summed E-state index contributed by atoms with van der Waals surface area (Å²) in [5.41, 5.74) is 1.80. The van der Waals surface area contributed by atoms with Crippen LogP contribution in [0.25, 0.3) is 16.7 Å². The molecule has 6 rings (SSSR count). The van der Waals surface area contributed by atoms with Gasteiger partial charge in [0.05, 0.1) is 21.1 Å². The van der Waals surface area contributed by atoms with Crippen molar-refractivity contribution < 1.29 is 4.79 Å². The molecule has 1 aliphatic rings. The number of aromatic nitrogens is 5. The van der Waals surface area contributed by atoms with E-state index in [1.54, 1.807) is 41.4 Å². The minimum absolute atomic E-state index is 0.106. The number of benzene rings is 2. The Morgan fingerprint density at radius 1 is 1.00 bits per heavy atom. The Morgan fingerprint density at radius 2 is 1.82 bits per heavy atom. The predicted octanol–water partition coefficient (Wildman–Crippen LogP) is 4.24. The van der Waals surface area contributed by atoms with Crippen molar-refractivity contribution in [3.8, 4) is 5.69 Å². The van der Waals surface area contributed by atoms with E-state index in [0.717, 1.165) is 10.1 Å². The van der Waals surface area contributed by atoms with Crippen LogP contribution in [0.3, 0.4) is 0 Å². The molecule has 1 aliphatic heterocycles. The molecular weight excluding hydrogens is 527 g/mol. The van der Waals surface area contributed by atoms with Crippen LogP contribution in [0.15, 0.2) is 71.8 Å². The van der Waals surface area contributed by atoms with E-state index in [1.165, 1.54) is 6.20 Å². The highest BCUT2D eigenvalue weighted by Gasteiger charge is 2.26. The SMILES string of the molecule is N=c1c2cnc(Nc3ccc4c(c3)CCN(c3ccccn3)C4=O)nc2[nH]c(=O)n1-c1c(Cl)cccc1Cl. The van der Waals surface area contributed by atoms with Crippen LogP contribution in [-0.4, -0.2) is 37.0 Å². The van der Waals surface area contributed by atoms with Gasteiger partial charge in [0.2, 0.25) is 5.95 Å². The number of pyridine rings is 1. The second-order valence-electron chi connectivity index (χ2n) is 8.53. The molecule has 5 aromatic rings. The Bertz CT molecular complexity index is 1830. The number of para-hydroxylation sites is 1. The number of carbonyl (C=O) groups is 1. The van der Waals surface area contributed by atoms with Gasteiger partial charge in [0, 0.05) is 30.2 Å². The lowest BCUT2D eigenvalue weighted by Gasteiger charge is -2.28. The highest BCUT2D eigenvalue weighted by molar-refractivity contribution is 6.37. The highest BCUT2D eigenvalue weighted by atomic mass is 35.5. The highest BCUT2D eigenvalue weighted by Crippen LogP contribution is 2.28. The summed E-state index contributed by atoms with van der Waals surface area (Å²) >= 11 is 12.5. The van der Waals surface area contributed by atoms with Gasteiger partial charge in [-0.1, -0.05) is 35.3 Å². The third-order valence-electron chi connectivity index (χ3n) is 6.22. The number of rotatable bonds is 4. The van der Waals surface area contributed by atoms with Crippen LogP contribution in [0, 0.1) is 5.41 Å². The van der Waals surface area contributed by atoms with Crippen molar-refractivity contribution in [2.24, 2.45) is 0 Å². The number of nitrogens with zero attached hydrogens (tertiary/aromatic N) is 5. The molecule has 1 amide bonds. The molecule has 0 spiro atoms. The lowest BCUT2D eigenvalue weighted by molar-refractivity contribution is 0.0980. The lowest BCUT2D eigenvalue weighted by atomic mass is 9.98. The molecule has 4 heterocycles. The van der Waals surface area contributed by atoms with Gasteiger partial charge in [-0.25, -0.2) is 19.3 Å². The molecule has 0 atom stereocenters. The molecule has 0 saturated carbocycles. The summed E-state index contributed by atoms with van der Waals surface area (Å²) in [5.74, 6) is 0.736. The quantitative estimate of drug-likeness (QED) is 0.310. The molecular formula is C26H18Cl2N8O2. The fourth-order valence-corrected chi connectivity index (χ4v) is 5.00. The first kappa shape index (κ1) is 23.8. The number of amides is 1. The van der Waals surface area contributed by atoms with E-state index in [1.807, 2.05) is 24.3 Å². The normalized spacial score (nSPS) is 13.0. The number of anilines is 3.